The number of rotatable bonds is 6. The van der Waals surface area contributed by atoms with Crippen LogP contribution >= 0.6 is 0 Å². The maximum Gasteiger partial charge on any atom is 0.278 e. The molecule has 26 heavy (non-hydrogen) atoms. The number of amides is 2. The first-order chi connectivity index (χ1) is 12.5. The van der Waals surface area contributed by atoms with Gasteiger partial charge in [0.1, 0.15) is 25.2 Å². The minimum absolute atomic E-state index is 0.0189. The summed E-state index contributed by atoms with van der Waals surface area (Å²) in [6, 6.07) is 5.46. The number of fused-ring (bicyclic) bond motifs is 1. The minimum Gasteiger partial charge on any atom is -0.394 e. The van der Waals surface area contributed by atoms with Crippen molar-refractivity contribution in [3.8, 4) is 0 Å². The fraction of sp³-hybridized carbons (Fsp3) is 0.188. The maximum absolute atomic E-state index is 14.1. The number of hydroxylamine groups is 1. The second-order valence-corrected chi connectivity index (χ2v) is 5.44. The lowest BCUT2D eigenvalue weighted by Crippen LogP contribution is -2.26. The highest BCUT2D eigenvalue weighted by atomic mass is 19.1. The average molecular weight is 356 g/mol. The van der Waals surface area contributed by atoms with Gasteiger partial charge in [0.2, 0.25) is 0 Å². The van der Waals surface area contributed by atoms with Gasteiger partial charge in [0.25, 0.3) is 11.8 Å². The standard InChI is InChI=1S/C16H14BFN4O4/c17-9-1-2-12(11(18)6-9)20-14-10(15(24)22-26-4-3-23)5-8-7-19-16(25)13(8)21-14/h1-2,5-6,23H,3-4,7H2,(H,19,25)(H,20,21)(H,22,24). The second kappa shape index (κ2) is 7.50. The van der Waals surface area contributed by atoms with Crippen LogP contribution in [0.15, 0.2) is 24.3 Å². The molecule has 0 bridgehead atoms. The van der Waals surface area contributed by atoms with E-state index in [2.05, 4.69) is 21.1 Å². The smallest absolute Gasteiger partial charge is 0.278 e. The monoisotopic (exact) mass is 356 g/mol. The van der Waals surface area contributed by atoms with E-state index in [1.807, 2.05) is 0 Å². The number of anilines is 2. The molecular formula is C16H14BFN4O4. The quantitative estimate of drug-likeness (QED) is 0.320. The van der Waals surface area contributed by atoms with Crippen molar-refractivity contribution >= 4 is 36.6 Å². The van der Waals surface area contributed by atoms with Crippen molar-refractivity contribution in [3.05, 3.63) is 46.9 Å². The Morgan fingerprint density at radius 2 is 2.23 bits per heavy atom. The summed E-state index contributed by atoms with van der Waals surface area (Å²) in [6.07, 6.45) is 0. The van der Waals surface area contributed by atoms with E-state index in [9.17, 15) is 14.0 Å². The van der Waals surface area contributed by atoms with E-state index in [0.717, 1.165) is 6.07 Å². The van der Waals surface area contributed by atoms with Crippen LogP contribution in [0.5, 0.6) is 0 Å². The van der Waals surface area contributed by atoms with Crippen LogP contribution in [0.2, 0.25) is 0 Å². The zero-order valence-electron chi connectivity index (χ0n) is 13.5. The molecule has 8 nitrogen and oxygen atoms in total. The molecule has 0 unspecified atom stereocenters. The summed E-state index contributed by atoms with van der Waals surface area (Å²) in [5.74, 6) is -1.70. The third-order valence-electron chi connectivity index (χ3n) is 3.60. The predicted octanol–water partition coefficient (Wildman–Crippen LogP) is -0.345. The molecular weight excluding hydrogens is 342 g/mol. The highest BCUT2D eigenvalue weighted by Crippen LogP contribution is 2.25. The minimum atomic E-state index is -0.661. The van der Waals surface area contributed by atoms with Gasteiger partial charge in [-0.3, -0.25) is 14.4 Å². The predicted molar refractivity (Wildman–Crippen MR) is 91.0 cm³/mol. The molecule has 1 aliphatic heterocycles. The number of hydrogen-bond acceptors (Lipinski definition) is 6. The highest BCUT2D eigenvalue weighted by Gasteiger charge is 2.26. The van der Waals surface area contributed by atoms with Crippen LogP contribution in [0.25, 0.3) is 0 Å². The Kier molecular flexibility index (Phi) is 5.15. The zero-order chi connectivity index (χ0) is 18.7. The molecule has 2 heterocycles. The van der Waals surface area contributed by atoms with E-state index >= 15 is 0 Å². The molecule has 4 N–H and O–H groups in total. The molecule has 1 aromatic carbocycles. The largest absolute Gasteiger partial charge is 0.394 e. The van der Waals surface area contributed by atoms with Crippen LogP contribution < -0.4 is 21.6 Å². The maximum atomic E-state index is 14.1. The summed E-state index contributed by atoms with van der Waals surface area (Å²) in [5.41, 5.74) is 3.16. The molecule has 0 fully saturated rings. The molecule has 1 aromatic heterocycles. The Morgan fingerprint density at radius 1 is 1.42 bits per heavy atom. The van der Waals surface area contributed by atoms with Crippen molar-refractivity contribution in [2.45, 2.75) is 6.54 Å². The second-order valence-electron chi connectivity index (χ2n) is 5.44. The molecule has 0 saturated carbocycles. The van der Waals surface area contributed by atoms with Crippen LogP contribution in [-0.2, 0) is 11.4 Å². The van der Waals surface area contributed by atoms with Gasteiger partial charge in [-0.25, -0.2) is 14.9 Å². The topological polar surface area (TPSA) is 113 Å². The molecule has 0 aliphatic carbocycles. The van der Waals surface area contributed by atoms with Gasteiger partial charge in [-0.2, -0.15) is 0 Å². The lowest BCUT2D eigenvalue weighted by atomic mass is 9.96. The summed E-state index contributed by atoms with van der Waals surface area (Å²) >= 11 is 0. The van der Waals surface area contributed by atoms with E-state index in [1.165, 1.54) is 18.2 Å². The summed E-state index contributed by atoms with van der Waals surface area (Å²) < 4.78 is 14.1. The molecule has 3 rings (SSSR count). The number of hydrogen-bond donors (Lipinski definition) is 4. The van der Waals surface area contributed by atoms with E-state index in [-0.39, 0.29) is 53.9 Å². The van der Waals surface area contributed by atoms with E-state index in [1.54, 1.807) is 0 Å². The van der Waals surface area contributed by atoms with E-state index in [4.69, 9.17) is 17.8 Å². The number of pyridine rings is 1. The summed E-state index contributed by atoms with van der Waals surface area (Å²) in [6.45, 7) is -0.141. The fourth-order valence-corrected chi connectivity index (χ4v) is 2.39. The van der Waals surface area contributed by atoms with Crippen molar-refractivity contribution < 1.29 is 23.9 Å². The molecule has 0 saturated heterocycles. The average Bonchev–Trinajstić information content (AvgIpc) is 2.97. The summed E-state index contributed by atoms with van der Waals surface area (Å²) in [5, 5.41) is 14.0. The summed E-state index contributed by atoms with van der Waals surface area (Å²) in [7, 11) is 5.52. The van der Waals surface area contributed by atoms with Crippen LogP contribution in [0, 0.1) is 5.82 Å². The number of carbonyl (C=O) groups excluding carboxylic acids is 2. The fourth-order valence-electron chi connectivity index (χ4n) is 2.39. The molecule has 0 spiro atoms. The Hall–Kier alpha value is -2.98. The zero-order valence-corrected chi connectivity index (χ0v) is 13.5. The number of benzene rings is 1. The van der Waals surface area contributed by atoms with Crippen LogP contribution in [-0.4, -0.2) is 43.0 Å². The third-order valence-corrected chi connectivity index (χ3v) is 3.60. The first kappa shape index (κ1) is 17.8. The Labute approximate surface area is 149 Å². The SMILES string of the molecule is [B]c1ccc(Nc2nc3c(cc2C(=O)NOCCO)CNC3=O)c(F)c1. The molecule has 0 atom stereocenters. The van der Waals surface area contributed by atoms with Gasteiger partial charge in [-0.15, -0.1) is 0 Å². The Morgan fingerprint density at radius 3 is 2.96 bits per heavy atom. The third kappa shape index (κ3) is 3.66. The number of carbonyl (C=O) groups is 2. The highest BCUT2D eigenvalue weighted by molar-refractivity contribution is 6.32. The number of nitrogens with zero attached hydrogens (tertiary/aromatic N) is 1. The van der Waals surface area contributed by atoms with Gasteiger partial charge in [-0.1, -0.05) is 11.5 Å². The number of halogens is 1. The first-order valence-electron chi connectivity index (χ1n) is 7.66. The van der Waals surface area contributed by atoms with Gasteiger partial charge < -0.3 is 15.7 Å². The summed E-state index contributed by atoms with van der Waals surface area (Å²) in [4.78, 5) is 33.1. The number of aromatic nitrogens is 1. The molecule has 1 aliphatic rings. The van der Waals surface area contributed by atoms with E-state index < -0.39 is 11.7 Å². The van der Waals surface area contributed by atoms with Crippen LogP contribution in [0.3, 0.4) is 0 Å². The molecule has 10 heteroatoms. The normalized spacial score (nSPS) is 12.5. The molecule has 132 valence electrons. The van der Waals surface area contributed by atoms with Gasteiger partial charge in [0.05, 0.1) is 24.5 Å². The Bertz CT molecular complexity index is 878. The lowest BCUT2D eigenvalue weighted by molar-refractivity contribution is 0.0168. The van der Waals surface area contributed by atoms with Gasteiger partial charge in [0, 0.05) is 12.1 Å². The Balaban J connectivity index is 1.97. The van der Waals surface area contributed by atoms with E-state index in [0.29, 0.717) is 5.56 Å². The van der Waals surface area contributed by atoms with Gasteiger partial charge in [0.15, 0.2) is 0 Å². The molecule has 2 amide bonds. The van der Waals surface area contributed by atoms with Crippen molar-refractivity contribution in [3.63, 3.8) is 0 Å². The number of aliphatic hydroxyl groups is 1. The van der Waals surface area contributed by atoms with Crippen LogP contribution in [0.4, 0.5) is 15.9 Å². The van der Waals surface area contributed by atoms with Crippen molar-refractivity contribution in [2.24, 2.45) is 0 Å². The van der Waals surface area contributed by atoms with Crippen molar-refractivity contribution in [2.75, 3.05) is 18.5 Å². The van der Waals surface area contributed by atoms with Crippen molar-refractivity contribution in [1.82, 2.24) is 15.8 Å². The van der Waals surface area contributed by atoms with Crippen LogP contribution in [0.1, 0.15) is 26.4 Å². The number of nitrogens with one attached hydrogen (secondary N) is 3. The first-order valence-corrected chi connectivity index (χ1v) is 7.66. The lowest BCUT2D eigenvalue weighted by Gasteiger charge is -2.13. The van der Waals surface area contributed by atoms with Gasteiger partial charge in [-0.05, 0) is 18.2 Å². The van der Waals surface area contributed by atoms with Gasteiger partial charge >= 0.3 is 0 Å². The molecule has 2 aromatic rings. The van der Waals surface area contributed by atoms with Crippen molar-refractivity contribution in [1.29, 1.82) is 0 Å². The number of aliphatic hydroxyl groups excluding tert-OH is 1. The molecule has 2 radical (unpaired) electrons.